The Kier molecular flexibility index (Phi) is 8.47. The molecule has 2 aromatic rings. The quantitative estimate of drug-likeness (QED) is 0.742. The topological polar surface area (TPSA) is 68.2 Å². The molecule has 2 aromatic carbocycles. The highest BCUT2D eigenvalue weighted by molar-refractivity contribution is 5.84. The number of ether oxygens (including phenoxy) is 3. The van der Waals surface area contributed by atoms with Crippen LogP contribution in [0.2, 0.25) is 0 Å². The van der Waals surface area contributed by atoms with Crippen LogP contribution in [0.15, 0.2) is 42.5 Å². The van der Waals surface area contributed by atoms with Gasteiger partial charge >= 0.3 is 0 Å². The Morgan fingerprint density at radius 3 is 2.10 bits per heavy atom. The van der Waals surface area contributed by atoms with Gasteiger partial charge in [0, 0.05) is 19.7 Å². The van der Waals surface area contributed by atoms with Crippen LogP contribution in [0.3, 0.4) is 0 Å². The fourth-order valence-corrected chi connectivity index (χ4v) is 3.46. The summed E-state index contributed by atoms with van der Waals surface area (Å²) in [5.41, 5.74) is 0.455. The summed E-state index contributed by atoms with van der Waals surface area (Å²) in [6.45, 7) is 3.11. The zero-order chi connectivity index (χ0) is 22.1. The van der Waals surface area contributed by atoms with Gasteiger partial charge in [0.1, 0.15) is 5.82 Å². The number of hydrogen-bond acceptors (Lipinski definition) is 5. The van der Waals surface area contributed by atoms with E-state index in [-0.39, 0.29) is 18.3 Å². The fraction of sp³-hybridized carbons (Fsp3) is 0.435. The molecular weight excluding hydrogens is 389 g/mol. The molecule has 1 heterocycles. The summed E-state index contributed by atoms with van der Waals surface area (Å²) >= 11 is 0. The van der Waals surface area contributed by atoms with Crippen LogP contribution < -0.4 is 14.2 Å². The average Bonchev–Trinajstić information content (AvgIpc) is 3.02. The lowest BCUT2D eigenvalue weighted by Gasteiger charge is -2.23. The second-order valence-electron chi connectivity index (χ2n) is 7.34. The first-order valence-electron chi connectivity index (χ1n) is 9.78. The summed E-state index contributed by atoms with van der Waals surface area (Å²) in [7, 11) is 4.70. The Morgan fingerprint density at radius 2 is 1.67 bits per heavy atom. The second-order valence-corrected chi connectivity index (χ2v) is 7.34. The van der Waals surface area contributed by atoms with E-state index >= 15 is 0 Å². The standard InChI is InChI=1S/C17H25NO5.C6H5F/c1-17(6-8-19)5-7-18(16(17)20)11-12-9-13(21-2)15(23-4)14(10-12)22-3;7-6-4-2-1-3-5-6/h9-10,19H,5-8,11H2,1-4H3;1-5H. The highest BCUT2D eigenvalue weighted by Gasteiger charge is 2.42. The first-order chi connectivity index (χ1) is 14.4. The summed E-state index contributed by atoms with van der Waals surface area (Å²) in [5, 5.41) is 9.16. The average molecular weight is 419 g/mol. The normalized spacial score (nSPS) is 17.9. The Morgan fingerprint density at radius 1 is 1.07 bits per heavy atom. The van der Waals surface area contributed by atoms with Crippen LogP contribution in [0, 0.1) is 11.2 Å². The number of hydrogen-bond donors (Lipinski definition) is 1. The van der Waals surface area contributed by atoms with Gasteiger partial charge in [-0.25, -0.2) is 4.39 Å². The molecule has 1 aliphatic heterocycles. The van der Waals surface area contributed by atoms with Gasteiger partial charge in [0.05, 0.1) is 26.7 Å². The van der Waals surface area contributed by atoms with E-state index in [9.17, 15) is 9.18 Å². The molecule has 1 unspecified atom stereocenters. The molecule has 1 aliphatic rings. The molecule has 30 heavy (non-hydrogen) atoms. The Labute approximate surface area is 177 Å². The van der Waals surface area contributed by atoms with E-state index in [2.05, 4.69) is 0 Å². The number of likely N-dealkylation sites (tertiary alicyclic amines) is 1. The van der Waals surface area contributed by atoms with E-state index in [1.165, 1.54) is 12.1 Å². The maximum Gasteiger partial charge on any atom is 0.228 e. The number of benzene rings is 2. The van der Waals surface area contributed by atoms with Gasteiger partial charge in [-0.15, -0.1) is 0 Å². The minimum Gasteiger partial charge on any atom is -0.493 e. The van der Waals surface area contributed by atoms with Crippen LogP contribution in [0.1, 0.15) is 25.3 Å². The lowest BCUT2D eigenvalue weighted by atomic mass is 9.85. The molecule has 1 fully saturated rings. The second kappa shape index (κ2) is 10.8. The van der Waals surface area contributed by atoms with Crippen molar-refractivity contribution in [2.45, 2.75) is 26.3 Å². The van der Waals surface area contributed by atoms with E-state index in [0.29, 0.717) is 36.8 Å². The summed E-state index contributed by atoms with van der Waals surface area (Å²) in [5.74, 6) is 1.60. The monoisotopic (exact) mass is 419 g/mol. The summed E-state index contributed by atoms with van der Waals surface area (Å²) in [6, 6.07) is 11.7. The van der Waals surface area contributed by atoms with Crippen molar-refractivity contribution in [2.24, 2.45) is 5.41 Å². The molecule has 1 saturated heterocycles. The number of aliphatic hydroxyl groups excluding tert-OH is 1. The van der Waals surface area contributed by atoms with Crippen molar-refractivity contribution in [3.63, 3.8) is 0 Å². The summed E-state index contributed by atoms with van der Waals surface area (Å²) < 4.78 is 27.9. The Balaban J connectivity index is 0.000000386. The molecule has 164 valence electrons. The smallest absolute Gasteiger partial charge is 0.228 e. The summed E-state index contributed by atoms with van der Waals surface area (Å²) in [6.07, 6.45) is 1.26. The first kappa shape index (κ1) is 23.5. The number of methoxy groups -OCH3 is 3. The maximum atomic E-state index is 12.6. The van der Waals surface area contributed by atoms with E-state index in [1.54, 1.807) is 39.5 Å². The molecule has 0 radical (unpaired) electrons. The number of carbonyl (C=O) groups excluding carboxylic acids is 1. The van der Waals surface area contributed by atoms with Crippen molar-refractivity contribution in [1.82, 2.24) is 4.90 Å². The summed E-state index contributed by atoms with van der Waals surface area (Å²) in [4.78, 5) is 14.4. The molecular formula is C23H30FNO5. The van der Waals surface area contributed by atoms with Crippen LogP contribution in [0.4, 0.5) is 4.39 Å². The lowest BCUT2D eigenvalue weighted by molar-refractivity contribution is -0.136. The van der Waals surface area contributed by atoms with Crippen LogP contribution >= 0.6 is 0 Å². The van der Waals surface area contributed by atoms with Gasteiger partial charge in [-0.3, -0.25) is 4.79 Å². The first-order valence-corrected chi connectivity index (χ1v) is 9.78. The van der Waals surface area contributed by atoms with Crippen LogP contribution in [-0.4, -0.2) is 50.4 Å². The van der Waals surface area contributed by atoms with Gasteiger partial charge < -0.3 is 24.2 Å². The van der Waals surface area contributed by atoms with E-state index in [0.717, 1.165) is 12.0 Å². The molecule has 0 bridgehead atoms. The third-order valence-electron chi connectivity index (χ3n) is 5.23. The molecule has 3 rings (SSSR count). The van der Waals surface area contributed by atoms with Crippen LogP contribution in [-0.2, 0) is 11.3 Å². The predicted molar refractivity (Wildman–Crippen MR) is 112 cm³/mol. The molecule has 1 atom stereocenters. The maximum absolute atomic E-state index is 12.6. The lowest BCUT2D eigenvalue weighted by Crippen LogP contribution is -2.33. The number of amides is 1. The Bertz CT molecular complexity index is 805. The zero-order valence-corrected chi connectivity index (χ0v) is 18.0. The molecule has 7 heteroatoms. The van der Waals surface area contributed by atoms with Crippen LogP contribution in [0.25, 0.3) is 0 Å². The van der Waals surface area contributed by atoms with Crippen molar-refractivity contribution in [1.29, 1.82) is 0 Å². The van der Waals surface area contributed by atoms with Gasteiger partial charge in [-0.1, -0.05) is 25.1 Å². The van der Waals surface area contributed by atoms with Gasteiger partial charge in [0.2, 0.25) is 11.7 Å². The van der Waals surface area contributed by atoms with Crippen molar-refractivity contribution in [3.8, 4) is 17.2 Å². The molecule has 1 amide bonds. The highest BCUT2D eigenvalue weighted by Crippen LogP contribution is 2.40. The van der Waals surface area contributed by atoms with Crippen molar-refractivity contribution in [2.75, 3.05) is 34.5 Å². The third-order valence-corrected chi connectivity index (χ3v) is 5.23. The molecule has 0 aliphatic carbocycles. The predicted octanol–water partition coefficient (Wildman–Crippen LogP) is 3.66. The van der Waals surface area contributed by atoms with Gasteiger partial charge in [-0.05, 0) is 42.7 Å². The van der Waals surface area contributed by atoms with Gasteiger partial charge in [0.15, 0.2) is 11.5 Å². The minimum absolute atomic E-state index is 0.0280. The van der Waals surface area contributed by atoms with E-state index in [4.69, 9.17) is 19.3 Å². The zero-order valence-electron chi connectivity index (χ0n) is 18.0. The van der Waals surface area contributed by atoms with Gasteiger partial charge in [0.25, 0.3) is 0 Å². The Hall–Kier alpha value is -2.80. The molecule has 0 saturated carbocycles. The third kappa shape index (κ3) is 5.63. The molecule has 6 nitrogen and oxygen atoms in total. The number of carbonyl (C=O) groups is 1. The molecule has 0 spiro atoms. The van der Waals surface area contributed by atoms with Crippen molar-refractivity contribution >= 4 is 5.91 Å². The molecule has 0 aromatic heterocycles. The number of halogens is 1. The SMILES string of the molecule is COc1cc(CN2CCC(C)(CCO)C2=O)cc(OC)c1OC.Fc1ccccc1. The number of aliphatic hydroxyl groups is 1. The van der Waals surface area contributed by atoms with E-state index < -0.39 is 5.41 Å². The number of nitrogens with zero attached hydrogens (tertiary/aromatic N) is 1. The fourth-order valence-electron chi connectivity index (χ4n) is 3.46. The van der Waals surface area contributed by atoms with Crippen molar-refractivity contribution < 1.29 is 28.5 Å². The minimum atomic E-state index is -0.463. The molecule has 1 N–H and O–H groups in total. The largest absolute Gasteiger partial charge is 0.493 e. The van der Waals surface area contributed by atoms with Crippen molar-refractivity contribution in [3.05, 3.63) is 53.8 Å². The highest BCUT2D eigenvalue weighted by atomic mass is 19.1. The van der Waals surface area contributed by atoms with E-state index in [1.807, 2.05) is 24.0 Å². The number of rotatable bonds is 7. The van der Waals surface area contributed by atoms with Gasteiger partial charge in [-0.2, -0.15) is 0 Å². The van der Waals surface area contributed by atoms with Crippen LogP contribution in [0.5, 0.6) is 17.2 Å².